The van der Waals surface area contributed by atoms with E-state index in [1.54, 1.807) is 0 Å². The van der Waals surface area contributed by atoms with Gasteiger partial charge in [0, 0.05) is 13.1 Å². The van der Waals surface area contributed by atoms with E-state index in [9.17, 15) is 4.79 Å². The van der Waals surface area contributed by atoms with Gasteiger partial charge in [-0.15, -0.1) is 0 Å². The molecule has 1 fully saturated rings. The summed E-state index contributed by atoms with van der Waals surface area (Å²) in [7, 11) is 0. The Kier molecular flexibility index (Phi) is 5.34. The molecule has 1 saturated heterocycles. The molecule has 0 unspecified atom stereocenters. The quantitative estimate of drug-likeness (QED) is 0.812. The number of amides is 1. The van der Waals surface area contributed by atoms with Crippen molar-refractivity contribution in [3.8, 4) is 0 Å². The average Bonchev–Trinajstić information content (AvgIpc) is 3.24. The fourth-order valence-electron chi connectivity index (χ4n) is 3.54. The summed E-state index contributed by atoms with van der Waals surface area (Å²) in [5.41, 5.74) is 4.15. The van der Waals surface area contributed by atoms with Crippen LogP contribution in [0, 0.1) is 0 Å². The molecule has 0 aliphatic carbocycles. The maximum atomic E-state index is 13.1. The molecule has 1 amide bonds. The molecule has 1 aromatic heterocycles. The smallest absolute Gasteiger partial charge is 0.257 e. The van der Waals surface area contributed by atoms with Crippen LogP contribution in [0.15, 0.2) is 30.3 Å². The molecule has 3 rings (SSSR count). The number of hydrogen-bond donors (Lipinski definition) is 0. The molecular formula is C20H27N3O. The Balaban J connectivity index is 1.97. The summed E-state index contributed by atoms with van der Waals surface area (Å²) in [6.07, 6.45) is 4.94. The van der Waals surface area contributed by atoms with Crippen molar-refractivity contribution in [3.05, 3.63) is 52.8 Å². The zero-order valence-corrected chi connectivity index (χ0v) is 14.8. The van der Waals surface area contributed by atoms with Gasteiger partial charge in [0.1, 0.15) is 0 Å². The first-order chi connectivity index (χ1) is 11.7. The van der Waals surface area contributed by atoms with Gasteiger partial charge in [0.2, 0.25) is 0 Å². The second-order valence-electron chi connectivity index (χ2n) is 6.51. The Bertz CT molecular complexity index is 684. The highest BCUT2D eigenvalue weighted by atomic mass is 16.2. The molecule has 0 saturated carbocycles. The average molecular weight is 325 g/mol. The molecule has 0 atom stereocenters. The first-order valence-electron chi connectivity index (χ1n) is 9.16. The van der Waals surface area contributed by atoms with E-state index >= 15 is 0 Å². The highest BCUT2D eigenvalue weighted by Crippen LogP contribution is 2.22. The maximum absolute atomic E-state index is 13.1. The lowest BCUT2D eigenvalue weighted by Gasteiger charge is -2.16. The number of aromatic nitrogens is 2. The number of carbonyl (C=O) groups excluding carboxylic acids is 1. The molecule has 4 heteroatoms. The third-order valence-electron chi connectivity index (χ3n) is 4.73. The van der Waals surface area contributed by atoms with E-state index in [2.05, 4.69) is 26.0 Å². The van der Waals surface area contributed by atoms with E-state index in [0.717, 1.165) is 68.7 Å². The van der Waals surface area contributed by atoms with Gasteiger partial charge >= 0.3 is 0 Å². The van der Waals surface area contributed by atoms with Crippen LogP contribution in [0.2, 0.25) is 0 Å². The Morgan fingerprint density at radius 1 is 1.12 bits per heavy atom. The molecule has 0 spiro atoms. The van der Waals surface area contributed by atoms with Crippen LogP contribution in [-0.2, 0) is 19.4 Å². The molecule has 1 aliphatic rings. The minimum Gasteiger partial charge on any atom is -0.339 e. The Morgan fingerprint density at radius 2 is 1.83 bits per heavy atom. The molecule has 4 nitrogen and oxygen atoms in total. The number of aryl methyl sites for hydroxylation is 1. The second kappa shape index (κ2) is 7.65. The molecule has 0 bridgehead atoms. The monoisotopic (exact) mass is 325 g/mol. The molecular weight excluding hydrogens is 298 g/mol. The van der Waals surface area contributed by atoms with Gasteiger partial charge in [0.15, 0.2) is 0 Å². The van der Waals surface area contributed by atoms with Gasteiger partial charge in [-0.25, -0.2) is 0 Å². The molecule has 1 aliphatic heterocycles. The van der Waals surface area contributed by atoms with Gasteiger partial charge < -0.3 is 4.90 Å². The molecule has 2 aromatic rings. The van der Waals surface area contributed by atoms with Gasteiger partial charge in [0.25, 0.3) is 5.91 Å². The first kappa shape index (κ1) is 16.7. The summed E-state index contributed by atoms with van der Waals surface area (Å²) in [5, 5.41) is 4.83. The van der Waals surface area contributed by atoms with E-state index in [1.165, 1.54) is 5.56 Å². The third-order valence-corrected chi connectivity index (χ3v) is 4.73. The van der Waals surface area contributed by atoms with E-state index < -0.39 is 0 Å². The Labute approximate surface area is 144 Å². The number of rotatable bonds is 6. The van der Waals surface area contributed by atoms with Crippen LogP contribution in [0.1, 0.15) is 60.4 Å². The fourth-order valence-corrected chi connectivity index (χ4v) is 3.54. The maximum Gasteiger partial charge on any atom is 0.257 e. The second-order valence-corrected chi connectivity index (χ2v) is 6.51. The standard InChI is InChI=1S/C20H27N3O/c1-3-10-17-19(20(24)22-13-8-9-14-22)18(4-2)23(21-17)15-16-11-6-5-7-12-16/h5-7,11-12H,3-4,8-10,13-15H2,1-2H3. The zero-order valence-electron chi connectivity index (χ0n) is 14.8. The molecule has 2 heterocycles. The van der Waals surface area contributed by atoms with E-state index in [4.69, 9.17) is 5.10 Å². The first-order valence-corrected chi connectivity index (χ1v) is 9.16. The summed E-state index contributed by atoms with van der Waals surface area (Å²) in [6, 6.07) is 10.4. The van der Waals surface area contributed by atoms with Gasteiger partial charge in [-0.05, 0) is 31.2 Å². The lowest BCUT2D eigenvalue weighted by atomic mass is 10.1. The number of hydrogen-bond acceptors (Lipinski definition) is 2. The normalized spacial score (nSPS) is 14.3. The van der Waals surface area contributed by atoms with Gasteiger partial charge in [0.05, 0.1) is 23.5 Å². The van der Waals surface area contributed by atoms with Crippen LogP contribution >= 0.6 is 0 Å². The minimum atomic E-state index is 0.187. The van der Waals surface area contributed by atoms with E-state index in [-0.39, 0.29) is 5.91 Å². The summed E-state index contributed by atoms with van der Waals surface area (Å²) in [6.45, 7) is 6.77. The summed E-state index contributed by atoms with van der Waals surface area (Å²) < 4.78 is 2.05. The number of carbonyl (C=O) groups is 1. The molecule has 0 N–H and O–H groups in total. The fraction of sp³-hybridized carbons (Fsp3) is 0.500. The van der Waals surface area contributed by atoms with E-state index in [0.29, 0.717) is 0 Å². The minimum absolute atomic E-state index is 0.187. The van der Waals surface area contributed by atoms with E-state index in [1.807, 2.05) is 27.8 Å². The number of likely N-dealkylation sites (tertiary alicyclic amines) is 1. The van der Waals surface area contributed by atoms with Crippen molar-refractivity contribution in [2.24, 2.45) is 0 Å². The van der Waals surface area contributed by atoms with Crippen molar-refractivity contribution in [1.82, 2.24) is 14.7 Å². The third kappa shape index (κ3) is 3.37. The lowest BCUT2D eigenvalue weighted by Crippen LogP contribution is -2.29. The molecule has 1 aromatic carbocycles. The molecule has 24 heavy (non-hydrogen) atoms. The van der Waals surface area contributed by atoms with Crippen LogP contribution < -0.4 is 0 Å². The van der Waals surface area contributed by atoms with Crippen molar-refractivity contribution in [3.63, 3.8) is 0 Å². The van der Waals surface area contributed by atoms with Crippen LogP contribution in [0.5, 0.6) is 0 Å². The molecule has 0 radical (unpaired) electrons. The Hall–Kier alpha value is -2.10. The highest BCUT2D eigenvalue weighted by Gasteiger charge is 2.27. The number of nitrogens with zero attached hydrogens (tertiary/aromatic N) is 3. The SMILES string of the molecule is CCCc1nn(Cc2ccccc2)c(CC)c1C(=O)N1CCCC1. The summed E-state index contributed by atoms with van der Waals surface area (Å²) in [5.74, 6) is 0.187. The highest BCUT2D eigenvalue weighted by molar-refractivity contribution is 5.96. The van der Waals surface area contributed by atoms with Gasteiger partial charge in [-0.2, -0.15) is 5.10 Å². The molecule has 128 valence electrons. The van der Waals surface area contributed by atoms with Crippen LogP contribution in [0.3, 0.4) is 0 Å². The van der Waals surface area contributed by atoms with Crippen LogP contribution in [0.4, 0.5) is 0 Å². The van der Waals surface area contributed by atoms with Gasteiger partial charge in [-0.1, -0.05) is 50.6 Å². The zero-order chi connectivity index (χ0) is 16.9. The van der Waals surface area contributed by atoms with Crippen LogP contribution in [0.25, 0.3) is 0 Å². The number of benzene rings is 1. The predicted molar refractivity (Wildman–Crippen MR) is 96.3 cm³/mol. The summed E-state index contributed by atoms with van der Waals surface area (Å²) in [4.78, 5) is 15.1. The van der Waals surface area contributed by atoms with Crippen molar-refractivity contribution >= 4 is 5.91 Å². The van der Waals surface area contributed by atoms with Crippen molar-refractivity contribution in [2.45, 2.75) is 52.5 Å². The van der Waals surface area contributed by atoms with Crippen molar-refractivity contribution < 1.29 is 4.79 Å². The summed E-state index contributed by atoms with van der Waals surface area (Å²) >= 11 is 0. The topological polar surface area (TPSA) is 38.1 Å². The largest absolute Gasteiger partial charge is 0.339 e. The Morgan fingerprint density at radius 3 is 2.46 bits per heavy atom. The van der Waals surface area contributed by atoms with Crippen molar-refractivity contribution in [1.29, 1.82) is 0 Å². The van der Waals surface area contributed by atoms with Gasteiger partial charge in [-0.3, -0.25) is 9.48 Å². The van der Waals surface area contributed by atoms with Crippen molar-refractivity contribution in [2.75, 3.05) is 13.1 Å². The lowest BCUT2D eigenvalue weighted by molar-refractivity contribution is 0.0790. The van der Waals surface area contributed by atoms with Crippen LogP contribution in [-0.4, -0.2) is 33.7 Å². The predicted octanol–water partition coefficient (Wildman–Crippen LogP) is 3.68.